The van der Waals surface area contributed by atoms with Crippen molar-refractivity contribution in [2.45, 2.75) is 25.0 Å². The van der Waals surface area contributed by atoms with E-state index in [0.29, 0.717) is 13.2 Å². The van der Waals surface area contributed by atoms with Gasteiger partial charge in [-0.25, -0.2) is 17.7 Å². The average molecular weight is 436 g/mol. The van der Waals surface area contributed by atoms with Crippen LogP contribution in [-0.4, -0.2) is 36.4 Å². The zero-order chi connectivity index (χ0) is 22.0. The minimum absolute atomic E-state index is 0.275. The number of hydrogen-bond donors (Lipinski definition) is 0. The summed E-state index contributed by atoms with van der Waals surface area (Å²) in [5.41, 5.74) is 3.91. The normalized spacial score (nSPS) is 11.9. The first-order valence-corrected chi connectivity index (χ1v) is 11.4. The van der Waals surface area contributed by atoms with Crippen LogP contribution in [-0.2, 0) is 23.2 Å². The van der Waals surface area contributed by atoms with Crippen LogP contribution in [0, 0.1) is 6.92 Å². The fraction of sp³-hybridized carbons (Fsp3) is 0.208. The summed E-state index contributed by atoms with van der Waals surface area (Å²) in [6.45, 7) is 2.84. The Labute approximate surface area is 182 Å². The summed E-state index contributed by atoms with van der Waals surface area (Å²) in [5.74, 6) is 1.56. The number of nitrogens with zero attached hydrogens (tertiary/aromatic N) is 3. The van der Waals surface area contributed by atoms with Gasteiger partial charge in [0.15, 0.2) is 0 Å². The highest BCUT2D eigenvalue weighted by atomic mass is 32.2. The monoisotopic (exact) mass is 435 g/mol. The molecule has 0 bridgehead atoms. The van der Waals surface area contributed by atoms with Crippen molar-refractivity contribution in [1.82, 2.24) is 13.9 Å². The Morgan fingerprint density at radius 2 is 1.71 bits per heavy atom. The molecule has 160 valence electrons. The molecule has 0 aliphatic heterocycles. The number of para-hydroxylation sites is 2. The first-order valence-electron chi connectivity index (χ1n) is 10.00. The van der Waals surface area contributed by atoms with E-state index in [1.54, 1.807) is 18.2 Å². The highest BCUT2D eigenvalue weighted by Gasteiger charge is 2.18. The molecule has 0 atom stereocenters. The predicted molar refractivity (Wildman–Crippen MR) is 122 cm³/mol. The van der Waals surface area contributed by atoms with Crippen LogP contribution in [0.15, 0.2) is 77.7 Å². The van der Waals surface area contributed by atoms with Crippen LogP contribution < -0.4 is 4.74 Å². The molecule has 0 saturated carbocycles. The van der Waals surface area contributed by atoms with Crippen molar-refractivity contribution in [1.29, 1.82) is 0 Å². The van der Waals surface area contributed by atoms with Gasteiger partial charge in [-0.15, -0.1) is 0 Å². The fourth-order valence-corrected chi connectivity index (χ4v) is 4.36. The molecule has 3 aromatic carbocycles. The Kier molecular flexibility index (Phi) is 5.80. The maximum absolute atomic E-state index is 12.5. The van der Waals surface area contributed by atoms with Gasteiger partial charge in [0.05, 0.1) is 15.9 Å². The van der Waals surface area contributed by atoms with Crippen molar-refractivity contribution in [3.63, 3.8) is 0 Å². The van der Waals surface area contributed by atoms with E-state index in [1.807, 2.05) is 61.5 Å². The molecule has 4 rings (SSSR count). The van der Waals surface area contributed by atoms with E-state index in [0.717, 1.165) is 28.2 Å². The summed E-state index contributed by atoms with van der Waals surface area (Å²) in [6, 6.07) is 22.8. The topological polar surface area (TPSA) is 64.4 Å². The lowest BCUT2D eigenvalue weighted by Gasteiger charge is -2.14. The lowest BCUT2D eigenvalue weighted by atomic mass is 10.2. The van der Waals surface area contributed by atoms with Crippen molar-refractivity contribution < 1.29 is 13.2 Å². The van der Waals surface area contributed by atoms with Crippen LogP contribution in [0.3, 0.4) is 0 Å². The molecule has 6 nitrogen and oxygen atoms in total. The number of sulfonamides is 1. The third-order valence-electron chi connectivity index (χ3n) is 5.14. The van der Waals surface area contributed by atoms with Crippen molar-refractivity contribution in [2.24, 2.45) is 0 Å². The maximum atomic E-state index is 12.5. The van der Waals surface area contributed by atoms with Gasteiger partial charge in [-0.1, -0.05) is 42.0 Å². The Morgan fingerprint density at radius 1 is 0.968 bits per heavy atom. The molecule has 0 radical (unpaired) electrons. The van der Waals surface area contributed by atoms with Gasteiger partial charge in [0.2, 0.25) is 10.0 Å². The van der Waals surface area contributed by atoms with E-state index in [9.17, 15) is 8.42 Å². The van der Waals surface area contributed by atoms with Gasteiger partial charge in [0.1, 0.15) is 18.2 Å². The van der Waals surface area contributed by atoms with Crippen LogP contribution in [0.4, 0.5) is 0 Å². The highest BCUT2D eigenvalue weighted by Crippen LogP contribution is 2.22. The molecule has 7 heteroatoms. The van der Waals surface area contributed by atoms with E-state index in [4.69, 9.17) is 9.72 Å². The fourth-order valence-electron chi connectivity index (χ4n) is 3.39. The lowest BCUT2D eigenvalue weighted by molar-refractivity contribution is 0.291. The van der Waals surface area contributed by atoms with Crippen LogP contribution in [0.2, 0.25) is 0 Å². The molecular formula is C24H25N3O3S. The Hall–Kier alpha value is -3.16. The van der Waals surface area contributed by atoms with E-state index >= 15 is 0 Å². The standard InChI is InChI=1S/C24H25N3O3S/c1-18-11-13-20(14-12-18)30-17-24-25-22-9-4-5-10-23(22)27(24)16-19-7-6-8-21(15-19)31(28,29)26(2)3/h4-15H,16-17H2,1-3H3. The van der Waals surface area contributed by atoms with Crippen LogP contribution in [0.1, 0.15) is 17.0 Å². The number of aromatic nitrogens is 2. The molecule has 0 saturated heterocycles. The number of hydrogen-bond acceptors (Lipinski definition) is 4. The quantitative estimate of drug-likeness (QED) is 0.436. The summed E-state index contributed by atoms with van der Waals surface area (Å²) in [7, 11) is -0.430. The molecule has 4 aromatic rings. The minimum atomic E-state index is -3.50. The summed E-state index contributed by atoms with van der Waals surface area (Å²) in [6.07, 6.45) is 0. The average Bonchev–Trinajstić information content (AvgIpc) is 3.11. The molecule has 0 aliphatic carbocycles. The van der Waals surface area contributed by atoms with Gasteiger partial charge in [-0.3, -0.25) is 0 Å². The predicted octanol–water partition coefficient (Wildman–Crippen LogP) is 4.22. The van der Waals surface area contributed by atoms with Crippen LogP contribution in [0.25, 0.3) is 11.0 Å². The summed E-state index contributed by atoms with van der Waals surface area (Å²) in [4.78, 5) is 5.03. The van der Waals surface area contributed by atoms with Gasteiger partial charge >= 0.3 is 0 Å². The van der Waals surface area contributed by atoms with Gasteiger partial charge < -0.3 is 9.30 Å². The van der Waals surface area contributed by atoms with Crippen LogP contribution in [0.5, 0.6) is 5.75 Å². The van der Waals surface area contributed by atoms with Crippen molar-refractivity contribution in [2.75, 3.05) is 14.1 Å². The van der Waals surface area contributed by atoms with Gasteiger partial charge in [-0.2, -0.15) is 0 Å². The van der Waals surface area contributed by atoms with E-state index < -0.39 is 10.0 Å². The summed E-state index contributed by atoms with van der Waals surface area (Å²) in [5, 5.41) is 0. The third kappa shape index (κ3) is 4.47. The Bertz CT molecular complexity index is 1310. The Morgan fingerprint density at radius 3 is 2.45 bits per heavy atom. The number of ether oxygens (including phenoxy) is 1. The zero-order valence-corrected chi connectivity index (χ0v) is 18.6. The molecule has 0 amide bonds. The minimum Gasteiger partial charge on any atom is -0.486 e. The molecule has 0 fully saturated rings. The van der Waals surface area contributed by atoms with Crippen LogP contribution >= 0.6 is 0 Å². The van der Waals surface area contributed by atoms with Crippen molar-refractivity contribution in [3.05, 3.63) is 89.7 Å². The largest absolute Gasteiger partial charge is 0.486 e. The zero-order valence-electron chi connectivity index (χ0n) is 17.8. The SMILES string of the molecule is Cc1ccc(OCc2nc3ccccc3n2Cc2cccc(S(=O)(=O)N(C)C)c2)cc1. The number of benzene rings is 3. The number of rotatable bonds is 7. The molecular weight excluding hydrogens is 410 g/mol. The molecule has 0 spiro atoms. The molecule has 0 aliphatic rings. The maximum Gasteiger partial charge on any atom is 0.242 e. The van der Waals surface area contributed by atoms with Gasteiger partial charge in [-0.05, 0) is 48.9 Å². The third-order valence-corrected chi connectivity index (χ3v) is 6.95. The molecule has 1 heterocycles. The van der Waals surface area contributed by atoms with Gasteiger partial charge in [0, 0.05) is 20.6 Å². The first kappa shape index (κ1) is 21.1. The highest BCUT2D eigenvalue weighted by molar-refractivity contribution is 7.89. The van der Waals surface area contributed by atoms with Crippen molar-refractivity contribution in [3.8, 4) is 5.75 Å². The molecule has 31 heavy (non-hydrogen) atoms. The van der Waals surface area contributed by atoms with Crippen molar-refractivity contribution >= 4 is 21.1 Å². The second-order valence-corrected chi connectivity index (χ2v) is 9.79. The number of aryl methyl sites for hydroxylation is 1. The van der Waals surface area contributed by atoms with E-state index in [1.165, 1.54) is 24.0 Å². The number of fused-ring (bicyclic) bond motifs is 1. The first-order chi connectivity index (χ1) is 14.8. The van der Waals surface area contributed by atoms with E-state index in [2.05, 4.69) is 4.57 Å². The molecule has 0 N–H and O–H groups in total. The smallest absolute Gasteiger partial charge is 0.242 e. The second-order valence-electron chi connectivity index (χ2n) is 7.64. The summed E-state index contributed by atoms with van der Waals surface area (Å²) < 4.78 is 34.3. The summed E-state index contributed by atoms with van der Waals surface area (Å²) >= 11 is 0. The number of imidazole rings is 1. The van der Waals surface area contributed by atoms with E-state index in [-0.39, 0.29) is 4.90 Å². The molecule has 1 aromatic heterocycles. The lowest BCUT2D eigenvalue weighted by Crippen LogP contribution is -2.22. The second kappa shape index (κ2) is 8.53. The van der Waals surface area contributed by atoms with Gasteiger partial charge in [0.25, 0.3) is 0 Å². The molecule has 0 unspecified atom stereocenters. The Balaban J connectivity index is 1.67.